The largest absolute Gasteiger partial charge is 0.477 e. The van der Waals surface area contributed by atoms with Gasteiger partial charge in [-0.1, -0.05) is 0 Å². The topological polar surface area (TPSA) is 59.4 Å². The average Bonchev–Trinajstić information content (AvgIpc) is 2.97. The van der Waals surface area contributed by atoms with Crippen LogP contribution in [0.2, 0.25) is 0 Å². The zero-order valence-electron chi connectivity index (χ0n) is 8.56. The van der Waals surface area contributed by atoms with Gasteiger partial charge in [-0.25, -0.2) is 9.78 Å². The highest BCUT2D eigenvalue weighted by atomic mass is 16.5. The van der Waals surface area contributed by atoms with Crippen LogP contribution in [0.15, 0.2) is 12.1 Å². The first-order chi connectivity index (χ1) is 7.16. The Kier molecular flexibility index (Phi) is 2.58. The highest BCUT2D eigenvalue weighted by Gasteiger charge is 2.23. The summed E-state index contributed by atoms with van der Waals surface area (Å²) in [6.07, 6.45) is 2.35. The molecule has 1 fully saturated rings. The van der Waals surface area contributed by atoms with Gasteiger partial charge in [0.1, 0.15) is 5.56 Å². The Hall–Kier alpha value is -1.58. The van der Waals surface area contributed by atoms with Gasteiger partial charge in [-0.3, -0.25) is 0 Å². The first-order valence-corrected chi connectivity index (χ1v) is 5.00. The van der Waals surface area contributed by atoms with E-state index >= 15 is 0 Å². The van der Waals surface area contributed by atoms with Gasteiger partial charge in [0.05, 0.1) is 6.61 Å². The zero-order valence-corrected chi connectivity index (χ0v) is 8.56. The number of carboxylic acids is 1. The summed E-state index contributed by atoms with van der Waals surface area (Å²) in [7, 11) is 0. The van der Waals surface area contributed by atoms with Crippen molar-refractivity contribution in [3.63, 3.8) is 0 Å². The summed E-state index contributed by atoms with van der Waals surface area (Å²) >= 11 is 0. The molecule has 1 aliphatic rings. The molecule has 1 saturated carbocycles. The number of ether oxygens (including phenoxy) is 1. The summed E-state index contributed by atoms with van der Waals surface area (Å²) in [5.41, 5.74) is 0.909. The summed E-state index contributed by atoms with van der Waals surface area (Å²) in [5.74, 6) is -0.156. The van der Waals surface area contributed by atoms with Crippen LogP contribution in [-0.2, 0) is 0 Å². The lowest BCUT2D eigenvalue weighted by Crippen LogP contribution is -2.07. The minimum atomic E-state index is -0.992. The fraction of sp³-hybridized carbons (Fsp3) is 0.455. The van der Waals surface area contributed by atoms with Gasteiger partial charge in [-0.05, 0) is 37.8 Å². The Labute approximate surface area is 87.9 Å². The number of carbonyl (C=O) groups is 1. The minimum Gasteiger partial charge on any atom is -0.477 e. The standard InChI is InChI=1S/C11H13NO3/c1-7-2-5-9(11(13)14)10(12-7)15-6-8-3-4-8/h2,5,8H,3-4,6H2,1H3,(H,13,14). The molecular weight excluding hydrogens is 194 g/mol. The molecule has 0 bridgehead atoms. The predicted molar refractivity (Wildman–Crippen MR) is 54.2 cm³/mol. The number of nitrogens with zero attached hydrogens (tertiary/aromatic N) is 1. The maximum absolute atomic E-state index is 10.9. The van der Waals surface area contributed by atoms with E-state index in [1.807, 2.05) is 6.92 Å². The van der Waals surface area contributed by atoms with Crippen LogP contribution in [0, 0.1) is 12.8 Å². The summed E-state index contributed by atoms with van der Waals surface area (Å²) in [4.78, 5) is 15.0. The lowest BCUT2D eigenvalue weighted by atomic mass is 10.2. The molecule has 80 valence electrons. The lowest BCUT2D eigenvalue weighted by Gasteiger charge is -2.07. The number of hydrogen-bond acceptors (Lipinski definition) is 3. The lowest BCUT2D eigenvalue weighted by molar-refractivity contribution is 0.0691. The van der Waals surface area contributed by atoms with Crippen LogP contribution in [-0.4, -0.2) is 22.7 Å². The van der Waals surface area contributed by atoms with Crippen molar-refractivity contribution in [2.75, 3.05) is 6.61 Å². The zero-order chi connectivity index (χ0) is 10.8. The Balaban J connectivity index is 2.16. The average molecular weight is 207 g/mol. The number of aryl methyl sites for hydroxylation is 1. The number of aromatic carboxylic acids is 1. The second-order valence-corrected chi connectivity index (χ2v) is 3.86. The molecule has 0 amide bonds. The third-order valence-corrected chi connectivity index (χ3v) is 2.38. The van der Waals surface area contributed by atoms with Crippen LogP contribution in [0.5, 0.6) is 5.88 Å². The van der Waals surface area contributed by atoms with Crippen molar-refractivity contribution >= 4 is 5.97 Å². The molecule has 1 aromatic heterocycles. The fourth-order valence-corrected chi connectivity index (χ4v) is 1.29. The van der Waals surface area contributed by atoms with E-state index in [1.165, 1.54) is 18.9 Å². The minimum absolute atomic E-state index is 0.140. The first kappa shape index (κ1) is 9.96. The molecule has 0 aliphatic heterocycles. The van der Waals surface area contributed by atoms with Gasteiger partial charge >= 0.3 is 5.97 Å². The fourth-order valence-electron chi connectivity index (χ4n) is 1.29. The van der Waals surface area contributed by atoms with E-state index in [9.17, 15) is 4.79 Å². The second kappa shape index (κ2) is 3.88. The molecule has 1 N–H and O–H groups in total. The van der Waals surface area contributed by atoms with Crippen molar-refractivity contribution in [3.05, 3.63) is 23.4 Å². The van der Waals surface area contributed by atoms with Gasteiger partial charge in [-0.2, -0.15) is 0 Å². The summed E-state index contributed by atoms with van der Waals surface area (Å²) in [5, 5.41) is 8.92. The number of hydrogen-bond donors (Lipinski definition) is 1. The number of rotatable bonds is 4. The maximum atomic E-state index is 10.9. The van der Waals surface area contributed by atoms with Gasteiger partial charge in [0.25, 0.3) is 0 Å². The van der Waals surface area contributed by atoms with Crippen molar-refractivity contribution in [2.45, 2.75) is 19.8 Å². The van der Waals surface area contributed by atoms with E-state index in [-0.39, 0.29) is 11.4 Å². The predicted octanol–water partition coefficient (Wildman–Crippen LogP) is 1.88. The molecule has 0 saturated heterocycles. The summed E-state index contributed by atoms with van der Waals surface area (Å²) in [6, 6.07) is 3.21. The van der Waals surface area contributed by atoms with Crippen LogP contribution >= 0.6 is 0 Å². The molecule has 0 atom stereocenters. The van der Waals surface area contributed by atoms with E-state index in [1.54, 1.807) is 6.07 Å². The van der Waals surface area contributed by atoms with Crippen molar-refractivity contribution < 1.29 is 14.6 Å². The molecule has 1 aromatic rings. The highest BCUT2D eigenvalue weighted by Crippen LogP contribution is 2.29. The molecule has 4 nitrogen and oxygen atoms in total. The van der Waals surface area contributed by atoms with E-state index in [4.69, 9.17) is 9.84 Å². The monoisotopic (exact) mass is 207 g/mol. The number of carboxylic acid groups (broad SMARTS) is 1. The first-order valence-electron chi connectivity index (χ1n) is 5.00. The van der Waals surface area contributed by atoms with Gasteiger partial charge in [-0.15, -0.1) is 0 Å². The highest BCUT2D eigenvalue weighted by molar-refractivity contribution is 5.90. The molecule has 1 heterocycles. The summed E-state index contributed by atoms with van der Waals surface area (Å²) in [6.45, 7) is 2.40. The molecule has 0 radical (unpaired) electrons. The Morgan fingerprint density at radius 1 is 1.60 bits per heavy atom. The molecular formula is C11H13NO3. The van der Waals surface area contributed by atoms with E-state index < -0.39 is 5.97 Å². The van der Waals surface area contributed by atoms with E-state index in [0.717, 1.165) is 5.69 Å². The van der Waals surface area contributed by atoms with Crippen LogP contribution in [0.1, 0.15) is 28.9 Å². The third-order valence-electron chi connectivity index (χ3n) is 2.38. The molecule has 0 spiro atoms. The van der Waals surface area contributed by atoms with Crippen LogP contribution in [0.25, 0.3) is 0 Å². The molecule has 1 aliphatic carbocycles. The molecule has 0 unspecified atom stereocenters. The SMILES string of the molecule is Cc1ccc(C(=O)O)c(OCC2CC2)n1. The van der Waals surface area contributed by atoms with Crippen molar-refractivity contribution in [3.8, 4) is 5.88 Å². The Morgan fingerprint density at radius 2 is 2.33 bits per heavy atom. The van der Waals surface area contributed by atoms with Crippen LogP contribution in [0.4, 0.5) is 0 Å². The van der Waals surface area contributed by atoms with Gasteiger partial charge in [0.15, 0.2) is 0 Å². The van der Waals surface area contributed by atoms with Crippen LogP contribution < -0.4 is 4.74 Å². The quantitative estimate of drug-likeness (QED) is 0.818. The van der Waals surface area contributed by atoms with Gasteiger partial charge in [0, 0.05) is 5.69 Å². The smallest absolute Gasteiger partial charge is 0.341 e. The number of pyridine rings is 1. The van der Waals surface area contributed by atoms with Crippen molar-refractivity contribution in [1.29, 1.82) is 0 Å². The summed E-state index contributed by atoms with van der Waals surface area (Å²) < 4.78 is 5.41. The molecule has 2 rings (SSSR count). The Bertz CT molecular complexity index is 385. The normalized spacial score (nSPS) is 15.0. The third kappa shape index (κ3) is 2.46. The molecule has 4 heteroatoms. The van der Waals surface area contributed by atoms with Crippen LogP contribution in [0.3, 0.4) is 0 Å². The molecule has 15 heavy (non-hydrogen) atoms. The Morgan fingerprint density at radius 3 is 2.93 bits per heavy atom. The van der Waals surface area contributed by atoms with Crippen molar-refractivity contribution in [2.24, 2.45) is 5.92 Å². The van der Waals surface area contributed by atoms with Gasteiger partial charge < -0.3 is 9.84 Å². The maximum Gasteiger partial charge on any atom is 0.341 e. The van der Waals surface area contributed by atoms with Gasteiger partial charge in [0.2, 0.25) is 5.88 Å². The van der Waals surface area contributed by atoms with E-state index in [2.05, 4.69) is 4.98 Å². The molecule has 0 aromatic carbocycles. The second-order valence-electron chi connectivity index (χ2n) is 3.86. The van der Waals surface area contributed by atoms with Crippen molar-refractivity contribution in [1.82, 2.24) is 4.98 Å². The number of aromatic nitrogens is 1. The van der Waals surface area contributed by atoms with E-state index in [0.29, 0.717) is 12.5 Å².